The van der Waals surface area contributed by atoms with Crippen molar-refractivity contribution in [2.24, 2.45) is 0 Å². The number of benzene rings is 2. The molecule has 0 unspecified atom stereocenters. The van der Waals surface area contributed by atoms with E-state index in [4.69, 9.17) is 0 Å². The zero-order chi connectivity index (χ0) is 18.3. The van der Waals surface area contributed by atoms with E-state index in [1.54, 1.807) is 42.5 Å². The van der Waals surface area contributed by atoms with Gasteiger partial charge in [-0.2, -0.15) is 0 Å². The minimum absolute atomic E-state index is 0.0944. The lowest BCUT2D eigenvalue weighted by Crippen LogP contribution is -2.40. The average molecular weight is 361 g/mol. The minimum atomic E-state index is -3.58. The van der Waals surface area contributed by atoms with Crippen LogP contribution in [0.25, 0.3) is 0 Å². The molecule has 25 heavy (non-hydrogen) atoms. The van der Waals surface area contributed by atoms with Gasteiger partial charge in [-0.25, -0.2) is 13.2 Å². The molecule has 0 aliphatic rings. The molecule has 2 aromatic carbocycles. The minimum Gasteiger partial charge on any atom is -0.338 e. The van der Waals surface area contributed by atoms with Crippen LogP contribution in [0, 0.1) is 0 Å². The van der Waals surface area contributed by atoms with Gasteiger partial charge in [0, 0.05) is 18.3 Å². The predicted octanol–water partition coefficient (Wildman–Crippen LogP) is 2.74. The van der Waals surface area contributed by atoms with Gasteiger partial charge in [-0.15, -0.1) is 0 Å². The molecule has 7 heteroatoms. The average Bonchev–Trinajstić information content (AvgIpc) is 2.56. The maximum atomic E-state index is 12.3. The molecule has 0 radical (unpaired) electrons. The van der Waals surface area contributed by atoms with Gasteiger partial charge in [-0.3, -0.25) is 4.72 Å². The number of hydrogen-bond acceptors (Lipinski definition) is 3. The molecule has 0 fully saturated rings. The van der Waals surface area contributed by atoms with Crippen molar-refractivity contribution in [2.75, 3.05) is 11.3 Å². The fourth-order valence-electron chi connectivity index (χ4n) is 2.19. The zero-order valence-electron chi connectivity index (χ0n) is 14.3. The van der Waals surface area contributed by atoms with Gasteiger partial charge in [0.25, 0.3) is 10.0 Å². The number of urea groups is 1. The van der Waals surface area contributed by atoms with Gasteiger partial charge in [-0.1, -0.05) is 30.3 Å². The van der Waals surface area contributed by atoms with Crippen LogP contribution < -0.4 is 15.4 Å². The third-order valence-electron chi connectivity index (χ3n) is 3.38. The fourth-order valence-corrected chi connectivity index (χ4v) is 3.27. The highest BCUT2D eigenvalue weighted by Crippen LogP contribution is 2.16. The summed E-state index contributed by atoms with van der Waals surface area (Å²) >= 11 is 0. The van der Waals surface area contributed by atoms with Gasteiger partial charge in [0.2, 0.25) is 0 Å². The normalized spacial score (nSPS) is 11.2. The highest BCUT2D eigenvalue weighted by Gasteiger charge is 2.13. The van der Waals surface area contributed by atoms with Crippen molar-refractivity contribution in [1.82, 2.24) is 10.6 Å². The SMILES string of the molecule is CC(C)NC(=O)NCCc1ccc(NS(=O)(=O)c2ccccc2)cc1. The third kappa shape index (κ3) is 6.11. The fraction of sp³-hybridized carbons (Fsp3) is 0.278. The summed E-state index contributed by atoms with van der Waals surface area (Å²) in [4.78, 5) is 11.7. The first-order valence-corrected chi connectivity index (χ1v) is 9.56. The van der Waals surface area contributed by atoms with E-state index in [0.29, 0.717) is 18.7 Å². The second-order valence-electron chi connectivity index (χ2n) is 5.92. The van der Waals surface area contributed by atoms with Gasteiger partial charge in [0.1, 0.15) is 0 Å². The van der Waals surface area contributed by atoms with Crippen LogP contribution in [-0.2, 0) is 16.4 Å². The van der Waals surface area contributed by atoms with E-state index in [1.165, 1.54) is 0 Å². The van der Waals surface area contributed by atoms with E-state index in [9.17, 15) is 13.2 Å². The van der Waals surface area contributed by atoms with Gasteiger partial charge in [0.05, 0.1) is 4.90 Å². The lowest BCUT2D eigenvalue weighted by Gasteiger charge is -2.11. The van der Waals surface area contributed by atoms with Crippen LogP contribution in [0.15, 0.2) is 59.5 Å². The first-order chi connectivity index (χ1) is 11.9. The Kier molecular flexibility index (Phi) is 6.41. The molecule has 2 rings (SSSR count). The highest BCUT2D eigenvalue weighted by atomic mass is 32.2. The van der Waals surface area contributed by atoms with Crippen LogP contribution >= 0.6 is 0 Å². The second-order valence-corrected chi connectivity index (χ2v) is 7.60. The van der Waals surface area contributed by atoms with E-state index in [1.807, 2.05) is 26.0 Å². The summed E-state index contributed by atoms with van der Waals surface area (Å²) in [5.74, 6) is 0. The van der Waals surface area contributed by atoms with Crippen LogP contribution in [-0.4, -0.2) is 27.0 Å². The molecule has 0 heterocycles. The maximum absolute atomic E-state index is 12.3. The Balaban J connectivity index is 1.89. The number of anilines is 1. The van der Waals surface area contributed by atoms with E-state index in [0.717, 1.165) is 5.56 Å². The van der Waals surface area contributed by atoms with Crippen molar-refractivity contribution in [3.63, 3.8) is 0 Å². The smallest absolute Gasteiger partial charge is 0.314 e. The molecule has 0 aliphatic heterocycles. The van der Waals surface area contributed by atoms with Gasteiger partial charge >= 0.3 is 6.03 Å². The molecular weight excluding hydrogens is 338 g/mol. The van der Waals surface area contributed by atoms with Crippen molar-refractivity contribution in [2.45, 2.75) is 31.2 Å². The monoisotopic (exact) mass is 361 g/mol. The van der Waals surface area contributed by atoms with E-state index >= 15 is 0 Å². The number of carbonyl (C=O) groups is 1. The molecular formula is C18H23N3O3S. The van der Waals surface area contributed by atoms with Crippen molar-refractivity contribution in [1.29, 1.82) is 0 Å². The number of carbonyl (C=O) groups excluding carboxylic acids is 1. The van der Waals surface area contributed by atoms with Crippen LogP contribution in [0.2, 0.25) is 0 Å². The summed E-state index contributed by atoms with van der Waals surface area (Å²) in [6, 6.07) is 15.2. The largest absolute Gasteiger partial charge is 0.338 e. The molecule has 0 spiro atoms. The van der Waals surface area contributed by atoms with E-state index < -0.39 is 10.0 Å². The summed E-state index contributed by atoms with van der Waals surface area (Å²) < 4.78 is 27.1. The Hall–Kier alpha value is -2.54. The van der Waals surface area contributed by atoms with Crippen molar-refractivity contribution in [3.05, 3.63) is 60.2 Å². The summed E-state index contributed by atoms with van der Waals surface area (Å²) in [5, 5.41) is 5.53. The van der Waals surface area contributed by atoms with E-state index in [-0.39, 0.29) is 17.0 Å². The Morgan fingerprint density at radius 3 is 2.24 bits per heavy atom. The molecule has 0 bridgehead atoms. The molecule has 134 valence electrons. The Morgan fingerprint density at radius 2 is 1.64 bits per heavy atom. The predicted molar refractivity (Wildman–Crippen MR) is 99.1 cm³/mol. The summed E-state index contributed by atoms with van der Waals surface area (Å²) in [6.45, 7) is 4.30. The quantitative estimate of drug-likeness (QED) is 0.709. The number of sulfonamides is 1. The highest BCUT2D eigenvalue weighted by molar-refractivity contribution is 7.92. The maximum Gasteiger partial charge on any atom is 0.314 e. The second kappa shape index (κ2) is 8.53. The number of nitrogens with one attached hydrogen (secondary N) is 3. The van der Waals surface area contributed by atoms with Crippen LogP contribution in [0.3, 0.4) is 0 Å². The molecule has 2 amide bonds. The van der Waals surface area contributed by atoms with Crippen LogP contribution in [0.1, 0.15) is 19.4 Å². The zero-order valence-corrected chi connectivity index (χ0v) is 15.1. The van der Waals surface area contributed by atoms with Gasteiger partial charge in [-0.05, 0) is 50.1 Å². The van der Waals surface area contributed by atoms with Crippen molar-refractivity contribution >= 4 is 21.7 Å². The molecule has 0 saturated carbocycles. The topological polar surface area (TPSA) is 87.3 Å². The van der Waals surface area contributed by atoms with Crippen LogP contribution in [0.4, 0.5) is 10.5 Å². The van der Waals surface area contributed by atoms with Crippen LogP contribution in [0.5, 0.6) is 0 Å². The van der Waals surface area contributed by atoms with E-state index in [2.05, 4.69) is 15.4 Å². The van der Waals surface area contributed by atoms with Crippen molar-refractivity contribution in [3.8, 4) is 0 Å². The Labute approximate surface area is 148 Å². The number of hydrogen-bond donors (Lipinski definition) is 3. The molecule has 0 saturated heterocycles. The van der Waals surface area contributed by atoms with Gasteiger partial charge in [0.15, 0.2) is 0 Å². The molecule has 0 aromatic heterocycles. The lowest BCUT2D eigenvalue weighted by molar-refractivity contribution is 0.238. The summed E-state index contributed by atoms with van der Waals surface area (Å²) in [5.41, 5.74) is 1.51. The molecule has 3 N–H and O–H groups in total. The summed E-state index contributed by atoms with van der Waals surface area (Å²) in [7, 11) is -3.58. The Morgan fingerprint density at radius 1 is 1.00 bits per heavy atom. The molecule has 0 atom stereocenters. The molecule has 2 aromatic rings. The van der Waals surface area contributed by atoms with Gasteiger partial charge < -0.3 is 10.6 Å². The summed E-state index contributed by atoms with van der Waals surface area (Å²) in [6.07, 6.45) is 0.664. The first-order valence-electron chi connectivity index (χ1n) is 8.08. The molecule has 6 nitrogen and oxygen atoms in total. The number of amides is 2. The number of rotatable bonds is 7. The molecule has 0 aliphatic carbocycles. The standard InChI is InChI=1S/C18H23N3O3S/c1-14(2)20-18(22)19-13-12-15-8-10-16(11-9-15)21-25(23,24)17-6-4-3-5-7-17/h3-11,14,21H,12-13H2,1-2H3,(H2,19,20,22). The van der Waals surface area contributed by atoms with Crippen molar-refractivity contribution < 1.29 is 13.2 Å². The Bertz CT molecular complexity index is 788. The lowest BCUT2D eigenvalue weighted by atomic mass is 10.1. The third-order valence-corrected chi connectivity index (χ3v) is 4.78. The first kappa shape index (κ1) is 18.8.